The van der Waals surface area contributed by atoms with Crippen molar-refractivity contribution in [1.82, 2.24) is 5.32 Å². The Kier molecular flexibility index (Phi) is 3.41. The molecule has 1 heterocycles. The van der Waals surface area contributed by atoms with Gasteiger partial charge in [0.2, 0.25) is 5.91 Å². The predicted octanol–water partition coefficient (Wildman–Crippen LogP) is 1.10. The Bertz CT molecular complexity index is 374. The molecular weight excluding hydrogens is 206 g/mol. The average molecular weight is 221 g/mol. The average Bonchev–Trinajstić information content (AvgIpc) is 3.08. The second-order valence-corrected chi connectivity index (χ2v) is 3.78. The molecule has 1 amide bonds. The van der Waals surface area contributed by atoms with Crippen LogP contribution in [0.15, 0.2) is 24.3 Å². The van der Waals surface area contributed by atoms with Crippen LogP contribution in [0.2, 0.25) is 0 Å². The van der Waals surface area contributed by atoms with E-state index in [4.69, 9.17) is 9.47 Å². The van der Waals surface area contributed by atoms with Gasteiger partial charge in [-0.25, -0.2) is 0 Å². The van der Waals surface area contributed by atoms with Crippen LogP contribution < -0.4 is 10.1 Å². The molecule has 16 heavy (non-hydrogen) atoms. The number of rotatable bonds is 5. The monoisotopic (exact) mass is 221 g/mol. The summed E-state index contributed by atoms with van der Waals surface area (Å²) in [5.41, 5.74) is 0.985. The first-order valence-corrected chi connectivity index (χ1v) is 5.32. The fourth-order valence-electron chi connectivity index (χ4n) is 1.36. The summed E-state index contributed by atoms with van der Waals surface area (Å²) in [5, 5.41) is 2.76. The maximum atomic E-state index is 10.8. The van der Waals surface area contributed by atoms with E-state index < -0.39 is 0 Å². The van der Waals surface area contributed by atoms with E-state index in [1.807, 2.05) is 24.3 Å². The molecule has 0 bridgehead atoms. The van der Waals surface area contributed by atoms with Crippen molar-refractivity contribution in [3.63, 3.8) is 0 Å². The van der Waals surface area contributed by atoms with Gasteiger partial charge in [-0.3, -0.25) is 4.79 Å². The topological polar surface area (TPSA) is 50.9 Å². The highest BCUT2D eigenvalue weighted by molar-refractivity contribution is 5.72. The number of benzene rings is 1. The van der Waals surface area contributed by atoms with Crippen LogP contribution in [-0.2, 0) is 16.1 Å². The number of hydrogen-bond acceptors (Lipinski definition) is 3. The molecule has 0 aromatic heterocycles. The van der Waals surface area contributed by atoms with Gasteiger partial charge in [-0.1, -0.05) is 18.2 Å². The van der Waals surface area contributed by atoms with Gasteiger partial charge in [0.15, 0.2) is 0 Å². The number of carbonyl (C=O) groups excluding carboxylic acids is 1. The highest BCUT2D eigenvalue weighted by Crippen LogP contribution is 2.19. The summed E-state index contributed by atoms with van der Waals surface area (Å²) >= 11 is 0. The van der Waals surface area contributed by atoms with Gasteiger partial charge in [0.05, 0.1) is 6.61 Å². The van der Waals surface area contributed by atoms with Gasteiger partial charge < -0.3 is 14.8 Å². The Morgan fingerprint density at radius 1 is 1.56 bits per heavy atom. The van der Waals surface area contributed by atoms with Crippen molar-refractivity contribution in [3.8, 4) is 5.75 Å². The molecule has 0 spiro atoms. The third kappa shape index (κ3) is 3.24. The molecule has 0 saturated carbocycles. The molecule has 0 aliphatic carbocycles. The maximum Gasteiger partial charge on any atom is 0.217 e. The number of amides is 1. The lowest BCUT2D eigenvalue weighted by atomic mass is 10.2. The van der Waals surface area contributed by atoms with E-state index in [-0.39, 0.29) is 12.0 Å². The highest BCUT2D eigenvalue weighted by Gasteiger charge is 2.23. The summed E-state index contributed by atoms with van der Waals surface area (Å²) < 4.78 is 10.7. The molecule has 0 unspecified atom stereocenters. The van der Waals surface area contributed by atoms with Gasteiger partial charge in [0.25, 0.3) is 0 Å². The van der Waals surface area contributed by atoms with E-state index in [0.29, 0.717) is 13.2 Å². The number of hydrogen-bond donors (Lipinski definition) is 1. The van der Waals surface area contributed by atoms with Crippen LogP contribution in [0.4, 0.5) is 0 Å². The highest BCUT2D eigenvalue weighted by atomic mass is 16.6. The third-order valence-corrected chi connectivity index (χ3v) is 2.33. The largest absolute Gasteiger partial charge is 0.490 e. The molecule has 2 rings (SSSR count). The predicted molar refractivity (Wildman–Crippen MR) is 59.2 cm³/mol. The second kappa shape index (κ2) is 4.99. The zero-order chi connectivity index (χ0) is 11.4. The van der Waals surface area contributed by atoms with Gasteiger partial charge in [-0.15, -0.1) is 0 Å². The van der Waals surface area contributed by atoms with Crippen molar-refractivity contribution in [2.75, 3.05) is 13.2 Å². The van der Waals surface area contributed by atoms with E-state index >= 15 is 0 Å². The lowest BCUT2D eigenvalue weighted by Gasteiger charge is -2.10. The first kappa shape index (κ1) is 11.0. The van der Waals surface area contributed by atoms with Crippen LogP contribution in [0.5, 0.6) is 5.75 Å². The molecule has 1 aromatic rings. The smallest absolute Gasteiger partial charge is 0.217 e. The summed E-state index contributed by atoms with van der Waals surface area (Å²) in [6.45, 7) is 3.36. The van der Waals surface area contributed by atoms with Gasteiger partial charge >= 0.3 is 0 Å². The standard InChI is InChI=1S/C12H15NO3/c1-9(14)13-6-10-4-2-3-5-12(10)16-8-11-7-15-11/h2-5,11H,6-8H2,1H3,(H,13,14)/t11-/m0/s1. The molecule has 1 aromatic carbocycles. The zero-order valence-electron chi connectivity index (χ0n) is 9.23. The zero-order valence-corrected chi connectivity index (χ0v) is 9.23. The minimum atomic E-state index is -0.0414. The number of ether oxygens (including phenoxy) is 2. The van der Waals surface area contributed by atoms with E-state index in [1.54, 1.807) is 0 Å². The third-order valence-electron chi connectivity index (χ3n) is 2.33. The van der Waals surface area contributed by atoms with Crippen molar-refractivity contribution in [1.29, 1.82) is 0 Å². The summed E-state index contributed by atoms with van der Waals surface area (Å²) in [5.74, 6) is 0.770. The lowest BCUT2D eigenvalue weighted by Crippen LogP contribution is -2.19. The van der Waals surface area contributed by atoms with E-state index in [0.717, 1.165) is 17.9 Å². The minimum absolute atomic E-state index is 0.0414. The Balaban J connectivity index is 1.94. The second-order valence-electron chi connectivity index (χ2n) is 3.78. The van der Waals surface area contributed by atoms with Crippen LogP contribution in [0.3, 0.4) is 0 Å². The Hall–Kier alpha value is -1.55. The molecule has 1 saturated heterocycles. The fourth-order valence-corrected chi connectivity index (χ4v) is 1.36. The van der Waals surface area contributed by atoms with Crippen LogP contribution in [-0.4, -0.2) is 25.2 Å². The maximum absolute atomic E-state index is 10.8. The molecular formula is C12H15NO3. The summed E-state index contributed by atoms with van der Waals surface area (Å²) in [7, 11) is 0. The molecule has 86 valence electrons. The number of epoxide rings is 1. The number of para-hydroxylation sites is 1. The van der Waals surface area contributed by atoms with Crippen LogP contribution >= 0.6 is 0 Å². The van der Waals surface area contributed by atoms with Gasteiger partial charge in [-0.2, -0.15) is 0 Å². The molecule has 1 atom stereocenters. The van der Waals surface area contributed by atoms with Crippen molar-refractivity contribution in [2.24, 2.45) is 0 Å². The molecule has 0 radical (unpaired) electrons. The first-order chi connectivity index (χ1) is 7.75. The van der Waals surface area contributed by atoms with E-state index in [2.05, 4.69) is 5.32 Å². The van der Waals surface area contributed by atoms with Gasteiger partial charge in [0.1, 0.15) is 18.5 Å². The number of carbonyl (C=O) groups is 1. The van der Waals surface area contributed by atoms with Gasteiger partial charge in [0, 0.05) is 19.0 Å². The summed E-state index contributed by atoms with van der Waals surface area (Å²) in [6, 6.07) is 7.69. The Morgan fingerprint density at radius 2 is 2.31 bits per heavy atom. The minimum Gasteiger partial charge on any atom is -0.490 e. The summed E-state index contributed by atoms with van der Waals surface area (Å²) in [4.78, 5) is 10.8. The first-order valence-electron chi connectivity index (χ1n) is 5.32. The van der Waals surface area contributed by atoms with Crippen molar-refractivity contribution in [2.45, 2.75) is 19.6 Å². The Morgan fingerprint density at radius 3 is 3.00 bits per heavy atom. The number of nitrogens with one attached hydrogen (secondary N) is 1. The van der Waals surface area contributed by atoms with Crippen LogP contribution in [0.1, 0.15) is 12.5 Å². The molecule has 1 aliphatic heterocycles. The van der Waals surface area contributed by atoms with E-state index in [9.17, 15) is 4.79 Å². The molecule has 1 fully saturated rings. The lowest BCUT2D eigenvalue weighted by molar-refractivity contribution is -0.119. The Labute approximate surface area is 94.6 Å². The van der Waals surface area contributed by atoms with Gasteiger partial charge in [-0.05, 0) is 6.07 Å². The normalized spacial score (nSPS) is 17.9. The molecule has 1 N–H and O–H groups in total. The molecule has 1 aliphatic rings. The van der Waals surface area contributed by atoms with Crippen molar-refractivity contribution >= 4 is 5.91 Å². The molecule has 4 heteroatoms. The molecule has 4 nitrogen and oxygen atoms in total. The van der Waals surface area contributed by atoms with Crippen LogP contribution in [0.25, 0.3) is 0 Å². The SMILES string of the molecule is CC(=O)NCc1ccccc1OC[C@@H]1CO1. The fraction of sp³-hybridized carbons (Fsp3) is 0.417. The summed E-state index contributed by atoms with van der Waals surface area (Å²) in [6.07, 6.45) is 0.244. The van der Waals surface area contributed by atoms with E-state index in [1.165, 1.54) is 6.92 Å². The quantitative estimate of drug-likeness (QED) is 0.757. The van der Waals surface area contributed by atoms with Crippen molar-refractivity contribution in [3.05, 3.63) is 29.8 Å². The van der Waals surface area contributed by atoms with Crippen molar-refractivity contribution < 1.29 is 14.3 Å². The van der Waals surface area contributed by atoms with Crippen LogP contribution in [0, 0.1) is 0 Å².